The van der Waals surface area contributed by atoms with E-state index in [0.717, 1.165) is 12.3 Å². The van der Waals surface area contributed by atoms with Crippen molar-refractivity contribution >= 4 is 11.5 Å². The molecule has 0 amide bonds. The Kier molecular flexibility index (Phi) is 4.11. The highest BCUT2D eigenvalue weighted by molar-refractivity contribution is 5.97. The third-order valence-electron chi connectivity index (χ3n) is 2.48. The van der Waals surface area contributed by atoms with Crippen LogP contribution in [0.5, 0.6) is 0 Å². The molecular weight excluding hydrogens is 196 g/mol. The quantitative estimate of drug-likeness (QED) is 0.547. The highest BCUT2D eigenvalue weighted by Gasteiger charge is 2.17. The van der Waals surface area contributed by atoms with Crippen LogP contribution in [0.1, 0.15) is 27.2 Å². The summed E-state index contributed by atoms with van der Waals surface area (Å²) in [6.45, 7) is 6.70. The van der Waals surface area contributed by atoms with Gasteiger partial charge in [-0.1, -0.05) is 39.0 Å². The molecule has 2 nitrogen and oxygen atoms in total. The molecule has 16 heavy (non-hydrogen) atoms. The van der Waals surface area contributed by atoms with Gasteiger partial charge in [-0.05, 0) is 17.5 Å². The number of rotatable bonds is 2. The van der Waals surface area contributed by atoms with Crippen molar-refractivity contribution in [1.29, 1.82) is 0 Å². The van der Waals surface area contributed by atoms with Gasteiger partial charge in [0, 0.05) is 26.2 Å². The number of hydrogen-bond acceptors (Lipinski definition) is 1. The molecule has 0 unspecified atom stereocenters. The molecule has 0 fully saturated rings. The van der Waals surface area contributed by atoms with Crippen LogP contribution in [-0.4, -0.2) is 19.9 Å². The second-order valence-corrected chi connectivity index (χ2v) is 5.27. The van der Waals surface area contributed by atoms with E-state index in [-0.39, 0.29) is 5.41 Å². The summed E-state index contributed by atoms with van der Waals surface area (Å²) in [7, 11) is 3.93. The number of nitrogens with zero attached hydrogens (tertiary/aromatic N) is 2. The van der Waals surface area contributed by atoms with Crippen LogP contribution >= 0.6 is 0 Å². The zero-order valence-corrected chi connectivity index (χ0v) is 11.0. The highest BCUT2D eigenvalue weighted by Crippen LogP contribution is 2.22. The van der Waals surface area contributed by atoms with Crippen LogP contribution in [0.3, 0.4) is 0 Å². The molecule has 1 aromatic rings. The fourth-order valence-electron chi connectivity index (χ4n) is 1.62. The third kappa shape index (κ3) is 3.69. The van der Waals surface area contributed by atoms with Crippen molar-refractivity contribution in [3.8, 4) is 0 Å². The molecule has 0 heterocycles. The molecule has 0 radical (unpaired) electrons. The number of anilines is 1. The first-order valence-corrected chi connectivity index (χ1v) is 5.68. The molecule has 0 aliphatic rings. The summed E-state index contributed by atoms with van der Waals surface area (Å²) < 4.78 is 0. The number of hydrogen-bond donors (Lipinski definition) is 0. The summed E-state index contributed by atoms with van der Waals surface area (Å²) in [5.74, 6) is 1.12. The Bertz CT molecular complexity index is 347. The van der Waals surface area contributed by atoms with E-state index in [0.29, 0.717) is 0 Å². The van der Waals surface area contributed by atoms with Gasteiger partial charge in [-0.15, -0.1) is 0 Å². The predicted octanol–water partition coefficient (Wildman–Crippen LogP) is 3.59. The largest absolute Gasteiger partial charge is 0.333 e. The second kappa shape index (κ2) is 5.15. The highest BCUT2D eigenvalue weighted by atomic mass is 15.2. The topological polar surface area (TPSA) is 15.6 Å². The van der Waals surface area contributed by atoms with Gasteiger partial charge in [0.2, 0.25) is 0 Å². The van der Waals surface area contributed by atoms with E-state index in [1.807, 2.05) is 13.1 Å². The molecule has 2 heteroatoms. The molecule has 0 atom stereocenters. The Morgan fingerprint density at radius 1 is 1.19 bits per heavy atom. The van der Waals surface area contributed by atoms with Crippen LogP contribution in [-0.2, 0) is 0 Å². The van der Waals surface area contributed by atoms with Crippen LogP contribution < -0.4 is 4.90 Å². The van der Waals surface area contributed by atoms with Crippen molar-refractivity contribution in [2.45, 2.75) is 27.2 Å². The lowest BCUT2D eigenvalue weighted by molar-refractivity contribution is 0.431. The molecule has 0 aliphatic heterocycles. The first-order chi connectivity index (χ1) is 7.44. The van der Waals surface area contributed by atoms with Gasteiger partial charge in [-0.3, -0.25) is 4.99 Å². The number of amidine groups is 1. The van der Waals surface area contributed by atoms with Gasteiger partial charge in [0.1, 0.15) is 5.84 Å². The van der Waals surface area contributed by atoms with E-state index < -0.39 is 0 Å². The van der Waals surface area contributed by atoms with Crippen LogP contribution in [0.15, 0.2) is 35.3 Å². The van der Waals surface area contributed by atoms with Crippen molar-refractivity contribution in [1.82, 2.24) is 0 Å². The monoisotopic (exact) mass is 218 g/mol. The minimum atomic E-state index is 0.262. The Balaban J connectivity index is 2.83. The first-order valence-electron chi connectivity index (χ1n) is 5.68. The maximum atomic E-state index is 4.39. The van der Waals surface area contributed by atoms with Gasteiger partial charge < -0.3 is 4.90 Å². The minimum absolute atomic E-state index is 0.262. The smallest absolute Gasteiger partial charge is 0.103 e. The van der Waals surface area contributed by atoms with Gasteiger partial charge in [-0.25, -0.2) is 0 Å². The second-order valence-electron chi connectivity index (χ2n) is 5.27. The summed E-state index contributed by atoms with van der Waals surface area (Å²) in [4.78, 5) is 6.55. The fourth-order valence-corrected chi connectivity index (χ4v) is 1.62. The van der Waals surface area contributed by atoms with Crippen LogP contribution in [0.25, 0.3) is 0 Å². The van der Waals surface area contributed by atoms with Crippen LogP contribution in [0.2, 0.25) is 0 Å². The lowest BCUT2D eigenvalue weighted by Gasteiger charge is -2.26. The van der Waals surface area contributed by atoms with Crippen molar-refractivity contribution < 1.29 is 0 Å². The molecule has 1 aromatic carbocycles. The summed E-state index contributed by atoms with van der Waals surface area (Å²) >= 11 is 0. The average Bonchev–Trinajstić information content (AvgIpc) is 2.25. The van der Waals surface area contributed by atoms with E-state index in [9.17, 15) is 0 Å². The Labute approximate surface area is 99.0 Å². The zero-order chi connectivity index (χ0) is 12.2. The predicted molar refractivity (Wildman–Crippen MR) is 72.3 cm³/mol. The van der Waals surface area contributed by atoms with Crippen molar-refractivity contribution in [3.63, 3.8) is 0 Å². The van der Waals surface area contributed by atoms with Crippen molar-refractivity contribution in [2.24, 2.45) is 10.4 Å². The third-order valence-corrected chi connectivity index (χ3v) is 2.48. The molecular formula is C14H22N2. The molecule has 0 aromatic heterocycles. The standard InChI is InChI=1S/C14H22N2/c1-14(2,3)11-13(15-4)16(5)12-9-7-6-8-10-12/h6-10H,11H2,1-5H3. The Morgan fingerprint density at radius 3 is 2.19 bits per heavy atom. The van der Waals surface area contributed by atoms with Gasteiger partial charge in [0.25, 0.3) is 0 Å². The van der Waals surface area contributed by atoms with E-state index in [2.05, 4.69) is 62.0 Å². The van der Waals surface area contributed by atoms with Gasteiger partial charge >= 0.3 is 0 Å². The number of aliphatic imine (C=N–C) groups is 1. The summed E-state index contributed by atoms with van der Waals surface area (Å²) in [6, 6.07) is 10.3. The molecule has 0 spiro atoms. The van der Waals surface area contributed by atoms with Crippen LogP contribution in [0, 0.1) is 5.41 Å². The SMILES string of the molecule is CN=C(CC(C)(C)C)N(C)c1ccccc1. The number of para-hydroxylation sites is 1. The van der Waals surface area contributed by atoms with Crippen molar-refractivity contribution in [2.75, 3.05) is 19.0 Å². The van der Waals surface area contributed by atoms with E-state index in [4.69, 9.17) is 0 Å². The van der Waals surface area contributed by atoms with Gasteiger partial charge in [0.05, 0.1) is 0 Å². The average molecular weight is 218 g/mol. The molecule has 1 rings (SSSR count). The van der Waals surface area contributed by atoms with Crippen molar-refractivity contribution in [3.05, 3.63) is 30.3 Å². The van der Waals surface area contributed by atoms with E-state index in [1.165, 1.54) is 5.69 Å². The van der Waals surface area contributed by atoms with Gasteiger partial charge in [0.15, 0.2) is 0 Å². The normalized spacial score (nSPS) is 12.7. The molecule has 0 N–H and O–H groups in total. The number of benzene rings is 1. The summed E-state index contributed by atoms with van der Waals surface area (Å²) in [5.41, 5.74) is 1.45. The maximum absolute atomic E-state index is 4.39. The van der Waals surface area contributed by atoms with E-state index >= 15 is 0 Å². The lowest BCUT2D eigenvalue weighted by Crippen LogP contribution is -2.30. The van der Waals surface area contributed by atoms with E-state index in [1.54, 1.807) is 0 Å². The Morgan fingerprint density at radius 2 is 1.75 bits per heavy atom. The first kappa shape index (κ1) is 12.8. The summed E-state index contributed by atoms with van der Waals surface area (Å²) in [5, 5.41) is 0. The molecule has 0 saturated heterocycles. The lowest BCUT2D eigenvalue weighted by atomic mass is 9.91. The van der Waals surface area contributed by atoms with Gasteiger partial charge in [-0.2, -0.15) is 0 Å². The zero-order valence-electron chi connectivity index (χ0n) is 11.0. The summed E-state index contributed by atoms with van der Waals surface area (Å²) in [6.07, 6.45) is 0.981. The molecule has 0 aliphatic carbocycles. The maximum Gasteiger partial charge on any atom is 0.103 e. The molecule has 0 saturated carbocycles. The minimum Gasteiger partial charge on any atom is -0.333 e. The van der Waals surface area contributed by atoms with Crippen LogP contribution in [0.4, 0.5) is 5.69 Å². The Hall–Kier alpha value is -1.31. The molecule has 0 bridgehead atoms. The molecule has 88 valence electrons. The fraction of sp³-hybridized carbons (Fsp3) is 0.500.